The third-order valence-electron chi connectivity index (χ3n) is 3.97. The first-order valence-corrected chi connectivity index (χ1v) is 9.25. The van der Waals surface area contributed by atoms with Crippen molar-refractivity contribution in [1.29, 1.82) is 0 Å². The van der Waals surface area contributed by atoms with Gasteiger partial charge in [-0.1, -0.05) is 41.4 Å². The molecule has 0 aliphatic heterocycles. The molecule has 0 fully saturated rings. The van der Waals surface area contributed by atoms with E-state index in [1.807, 2.05) is 42.5 Å². The van der Waals surface area contributed by atoms with Gasteiger partial charge in [0, 0.05) is 19.3 Å². The van der Waals surface area contributed by atoms with E-state index in [4.69, 9.17) is 32.7 Å². The molecule has 1 aromatic heterocycles. The molecule has 28 heavy (non-hydrogen) atoms. The minimum atomic E-state index is 0. The number of nitrogens with zero attached hydrogens (tertiary/aromatic N) is 1. The number of ether oxygens (including phenoxy) is 2. The summed E-state index contributed by atoms with van der Waals surface area (Å²) in [7, 11) is 1.63. The highest BCUT2D eigenvalue weighted by atomic mass is 35.5. The van der Waals surface area contributed by atoms with E-state index in [-0.39, 0.29) is 12.4 Å². The predicted octanol–water partition coefficient (Wildman–Crippen LogP) is 5.69. The standard InChI is InChI=1S/C21H20Cl2N2O2.ClH/c1-26-21-11-15(12-24-13-17-4-2-3-9-25-17)6-8-20(21)27-14-16-5-7-18(22)19(23)10-16;/h2-11,24H,12-14H2,1H3;1H. The number of rotatable bonds is 8. The molecule has 0 saturated heterocycles. The summed E-state index contributed by atoms with van der Waals surface area (Å²) in [4.78, 5) is 4.30. The molecule has 2 aromatic carbocycles. The Morgan fingerprint density at radius 3 is 2.43 bits per heavy atom. The SMILES string of the molecule is COc1cc(CNCc2ccccn2)ccc1OCc1ccc(Cl)c(Cl)c1.Cl. The van der Waals surface area contributed by atoms with Crippen LogP contribution in [0.25, 0.3) is 0 Å². The van der Waals surface area contributed by atoms with Gasteiger partial charge in [0.2, 0.25) is 0 Å². The van der Waals surface area contributed by atoms with Gasteiger partial charge in [-0.2, -0.15) is 0 Å². The number of methoxy groups -OCH3 is 1. The van der Waals surface area contributed by atoms with Crippen molar-refractivity contribution in [2.24, 2.45) is 0 Å². The van der Waals surface area contributed by atoms with Gasteiger partial charge in [0.15, 0.2) is 11.5 Å². The third-order valence-corrected chi connectivity index (χ3v) is 4.71. The molecule has 0 saturated carbocycles. The van der Waals surface area contributed by atoms with Crippen molar-refractivity contribution < 1.29 is 9.47 Å². The molecular formula is C21H21Cl3N2O2. The minimum absolute atomic E-state index is 0. The van der Waals surface area contributed by atoms with Gasteiger partial charge in [0.1, 0.15) is 6.61 Å². The Balaban J connectivity index is 0.00000280. The number of benzene rings is 2. The van der Waals surface area contributed by atoms with E-state index in [0.29, 0.717) is 41.2 Å². The highest BCUT2D eigenvalue weighted by Gasteiger charge is 2.07. The second kappa shape index (κ2) is 11.1. The van der Waals surface area contributed by atoms with Gasteiger partial charge >= 0.3 is 0 Å². The van der Waals surface area contributed by atoms with Crippen LogP contribution in [0.15, 0.2) is 60.8 Å². The maximum Gasteiger partial charge on any atom is 0.161 e. The normalized spacial score (nSPS) is 10.2. The van der Waals surface area contributed by atoms with Crippen LogP contribution in [0.4, 0.5) is 0 Å². The maximum atomic E-state index is 6.04. The summed E-state index contributed by atoms with van der Waals surface area (Å²) in [5, 5.41) is 4.41. The van der Waals surface area contributed by atoms with Crippen LogP contribution in [0, 0.1) is 0 Å². The number of pyridine rings is 1. The van der Waals surface area contributed by atoms with E-state index in [9.17, 15) is 0 Å². The Morgan fingerprint density at radius 2 is 1.71 bits per heavy atom. The van der Waals surface area contributed by atoms with Gasteiger partial charge in [-0.3, -0.25) is 4.98 Å². The third kappa shape index (κ3) is 6.28. The maximum absolute atomic E-state index is 6.04. The van der Waals surface area contributed by atoms with Crippen molar-refractivity contribution in [3.05, 3.63) is 87.7 Å². The van der Waals surface area contributed by atoms with E-state index in [1.54, 1.807) is 25.4 Å². The van der Waals surface area contributed by atoms with Crippen LogP contribution in [0.1, 0.15) is 16.8 Å². The average molecular weight is 440 g/mol. The molecule has 3 rings (SSSR count). The monoisotopic (exact) mass is 438 g/mol. The van der Waals surface area contributed by atoms with Crippen LogP contribution in [0.5, 0.6) is 11.5 Å². The fourth-order valence-electron chi connectivity index (χ4n) is 2.57. The molecule has 0 radical (unpaired) electrons. The molecule has 1 N–H and O–H groups in total. The summed E-state index contributed by atoms with van der Waals surface area (Å²) in [6.07, 6.45) is 1.79. The molecule has 0 aliphatic carbocycles. The molecule has 0 amide bonds. The Morgan fingerprint density at radius 1 is 0.893 bits per heavy atom. The summed E-state index contributed by atoms with van der Waals surface area (Å²) < 4.78 is 11.4. The lowest BCUT2D eigenvalue weighted by molar-refractivity contribution is 0.284. The first-order valence-electron chi connectivity index (χ1n) is 8.50. The van der Waals surface area contributed by atoms with E-state index < -0.39 is 0 Å². The summed E-state index contributed by atoms with van der Waals surface area (Å²) in [6, 6.07) is 17.2. The van der Waals surface area contributed by atoms with E-state index >= 15 is 0 Å². The van der Waals surface area contributed by atoms with Crippen LogP contribution >= 0.6 is 35.6 Å². The van der Waals surface area contributed by atoms with Gasteiger partial charge in [-0.25, -0.2) is 0 Å². The minimum Gasteiger partial charge on any atom is -0.493 e. The smallest absolute Gasteiger partial charge is 0.161 e. The molecular weight excluding hydrogens is 419 g/mol. The zero-order chi connectivity index (χ0) is 19.1. The number of halogens is 3. The van der Waals surface area contributed by atoms with Crippen molar-refractivity contribution in [2.45, 2.75) is 19.7 Å². The highest BCUT2D eigenvalue weighted by Crippen LogP contribution is 2.29. The van der Waals surface area contributed by atoms with E-state index in [2.05, 4.69) is 10.3 Å². The predicted molar refractivity (Wildman–Crippen MR) is 116 cm³/mol. The molecule has 0 spiro atoms. The van der Waals surface area contributed by atoms with Crippen LogP contribution < -0.4 is 14.8 Å². The molecule has 0 unspecified atom stereocenters. The number of hydrogen-bond acceptors (Lipinski definition) is 4. The van der Waals surface area contributed by atoms with Crippen LogP contribution in [-0.4, -0.2) is 12.1 Å². The highest BCUT2D eigenvalue weighted by molar-refractivity contribution is 6.42. The average Bonchev–Trinajstić information content (AvgIpc) is 2.70. The van der Waals surface area contributed by atoms with Crippen LogP contribution in [-0.2, 0) is 19.7 Å². The molecule has 0 aliphatic rings. The van der Waals surface area contributed by atoms with Crippen molar-refractivity contribution in [3.63, 3.8) is 0 Å². The van der Waals surface area contributed by atoms with Gasteiger partial charge < -0.3 is 14.8 Å². The lowest BCUT2D eigenvalue weighted by Gasteiger charge is -2.13. The molecule has 148 valence electrons. The lowest BCUT2D eigenvalue weighted by atomic mass is 10.2. The Kier molecular flexibility index (Phi) is 8.87. The fourth-order valence-corrected chi connectivity index (χ4v) is 2.89. The first-order chi connectivity index (χ1) is 13.2. The number of nitrogens with one attached hydrogen (secondary N) is 1. The fraction of sp³-hybridized carbons (Fsp3) is 0.190. The van der Waals surface area contributed by atoms with Crippen molar-refractivity contribution in [2.75, 3.05) is 7.11 Å². The molecule has 3 aromatic rings. The Bertz CT molecular complexity index is 892. The van der Waals surface area contributed by atoms with E-state index in [1.165, 1.54) is 0 Å². The van der Waals surface area contributed by atoms with E-state index in [0.717, 1.165) is 16.8 Å². The summed E-state index contributed by atoms with van der Waals surface area (Å²) in [5.41, 5.74) is 3.04. The first kappa shape index (κ1) is 22.3. The quantitative estimate of drug-likeness (QED) is 0.490. The number of aromatic nitrogens is 1. The van der Waals surface area contributed by atoms with Gasteiger partial charge in [0.05, 0.1) is 22.8 Å². The Labute approximate surface area is 181 Å². The van der Waals surface area contributed by atoms with Gasteiger partial charge in [0.25, 0.3) is 0 Å². The Hall–Kier alpha value is -1.98. The topological polar surface area (TPSA) is 43.4 Å². The zero-order valence-electron chi connectivity index (χ0n) is 15.3. The van der Waals surface area contributed by atoms with Gasteiger partial charge in [-0.15, -0.1) is 12.4 Å². The summed E-state index contributed by atoms with van der Waals surface area (Å²) >= 11 is 12.0. The van der Waals surface area contributed by atoms with Crippen molar-refractivity contribution in [1.82, 2.24) is 10.3 Å². The van der Waals surface area contributed by atoms with Crippen molar-refractivity contribution in [3.8, 4) is 11.5 Å². The largest absolute Gasteiger partial charge is 0.493 e. The molecule has 4 nitrogen and oxygen atoms in total. The van der Waals surface area contributed by atoms with Crippen LogP contribution in [0.3, 0.4) is 0 Å². The molecule has 1 heterocycles. The van der Waals surface area contributed by atoms with Crippen molar-refractivity contribution >= 4 is 35.6 Å². The molecule has 0 atom stereocenters. The van der Waals surface area contributed by atoms with Crippen LogP contribution in [0.2, 0.25) is 10.0 Å². The summed E-state index contributed by atoms with van der Waals surface area (Å²) in [5.74, 6) is 1.37. The summed E-state index contributed by atoms with van der Waals surface area (Å²) in [6.45, 7) is 1.79. The van der Waals surface area contributed by atoms with Gasteiger partial charge in [-0.05, 0) is 47.5 Å². The zero-order valence-corrected chi connectivity index (χ0v) is 17.7. The molecule has 0 bridgehead atoms. The number of hydrogen-bond donors (Lipinski definition) is 1. The molecule has 7 heteroatoms. The second-order valence-corrected chi connectivity index (χ2v) is 6.76. The second-order valence-electron chi connectivity index (χ2n) is 5.95. The lowest BCUT2D eigenvalue weighted by Crippen LogP contribution is -2.13.